The lowest BCUT2D eigenvalue weighted by Gasteiger charge is -2.24. The first-order valence-corrected chi connectivity index (χ1v) is 9.33. The van der Waals surface area contributed by atoms with Gasteiger partial charge >= 0.3 is 0 Å². The maximum atomic E-state index is 12.7. The predicted octanol–water partition coefficient (Wildman–Crippen LogP) is 3.04. The zero-order valence-corrected chi connectivity index (χ0v) is 16.7. The maximum Gasteiger partial charge on any atom is 0.243 e. The molecule has 3 rings (SSSR count). The van der Waals surface area contributed by atoms with Crippen molar-refractivity contribution in [3.8, 4) is 0 Å². The normalized spacial score (nSPS) is 24.3. The number of nitrogens with zero attached hydrogens (tertiary/aromatic N) is 1. The first-order chi connectivity index (χ1) is 12.0. The van der Waals surface area contributed by atoms with E-state index in [1.54, 1.807) is 11.9 Å². The number of benzene rings is 1. The first-order valence-electron chi connectivity index (χ1n) is 9.33. The second-order valence-electron chi connectivity index (χ2n) is 7.60. The minimum atomic E-state index is -0.153. The Balaban J connectivity index is 0.00000243. The lowest BCUT2D eigenvalue weighted by Crippen LogP contribution is -2.46. The fourth-order valence-corrected chi connectivity index (χ4v) is 4.15. The number of fused-ring (bicyclic) bond motifs is 1. The van der Waals surface area contributed by atoms with Crippen LogP contribution >= 0.6 is 12.4 Å². The van der Waals surface area contributed by atoms with Gasteiger partial charge in [0.15, 0.2) is 0 Å². The highest BCUT2D eigenvalue weighted by Gasteiger charge is 2.39. The topological polar surface area (TPSA) is 61.4 Å². The van der Waals surface area contributed by atoms with Crippen LogP contribution in [0.2, 0.25) is 0 Å². The number of rotatable bonds is 4. The van der Waals surface area contributed by atoms with Crippen LogP contribution in [0.3, 0.4) is 0 Å². The van der Waals surface area contributed by atoms with E-state index in [9.17, 15) is 9.59 Å². The number of carbonyl (C=O) groups is 2. The monoisotopic (exact) mass is 379 g/mol. The summed E-state index contributed by atoms with van der Waals surface area (Å²) < 4.78 is 0. The van der Waals surface area contributed by atoms with E-state index >= 15 is 0 Å². The molecule has 0 spiro atoms. The number of carbonyl (C=O) groups excluding carboxylic acids is 2. The van der Waals surface area contributed by atoms with Crippen LogP contribution in [0.15, 0.2) is 18.2 Å². The zero-order valence-electron chi connectivity index (χ0n) is 15.9. The summed E-state index contributed by atoms with van der Waals surface area (Å²) in [5, 5.41) is 6.41. The van der Waals surface area contributed by atoms with Crippen molar-refractivity contribution in [3.63, 3.8) is 0 Å². The van der Waals surface area contributed by atoms with Crippen LogP contribution in [0.5, 0.6) is 0 Å². The molecule has 1 aliphatic carbocycles. The molecule has 1 saturated carbocycles. The van der Waals surface area contributed by atoms with Gasteiger partial charge in [0.25, 0.3) is 0 Å². The predicted molar refractivity (Wildman–Crippen MR) is 107 cm³/mol. The molecule has 1 heterocycles. The Hall–Kier alpha value is -1.59. The van der Waals surface area contributed by atoms with Crippen LogP contribution in [-0.2, 0) is 9.59 Å². The largest absolute Gasteiger partial charge is 0.335 e. The fourth-order valence-electron chi connectivity index (χ4n) is 4.15. The van der Waals surface area contributed by atoms with Gasteiger partial charge in [0, 0.05) is 18.8 Å². The van der Waals surface area contributed by atoms with Crippen molar-refractivity contribution in [2.75, 3.05) is 18.9 Å². The summed E-state index contributed by atoms with van der Waals surface area (Å²) in [6.45, 7) is 4.09. The quantitative estimate of drug-likeness (QED) is 0.845. The van der Waals surface area contributed by atoms with E-state index < -0.39 is 0 Å². The van der Waals surface area contributed by atoms with Crippen LogP contribution in [-0.4, -0.2) is 42.4 Å². The highest BCUT2D eigenvalue weighted by atomic mass is 35.5. The molecule has 144 valence electrons. The number of hydrogen-bond acceptors (Lipinski definition) is 3. The summed E-state index contributed by atoms with van der Waals surface area (Å²) in [6.07, 6.45) is 5.83. The Morgan fingerprint density at radius 3 is 2.69 bits per heavy atom. The van der Waals surface area contributed by atoms with Gasteiger partial charge < -0.3 is 15.5 Å². The van der Waals surface area contributed by atoms with E-state index in [1.165, 1.54) is 25.7 Å². The van der Waals surface area contributed by atoms with Gasteiger partial charge in [-0.05, 0) is 56.2 Å². The number of nitrogens with one attached hydrogen (secondary N) is 2. The number of likely N-dealkylation sites (N-methyl/N-ethyl adjacent to an activating group) is 1. The lowest BCUT2D eigenvalue weighted by atomic mass is 9.85. The van der Waals surface area contributed by atoms with Gasteiger partial charge in [-0.3, -0.25) is 9.59 Å². The maximum absolute atomic E-state index is 12.7. The smallest absolute Gasteiger partial charge is 0.243 e. The molecule has 0 radical (unpaired) electrons. The molecule has 3 unspecified atom stereocenters. The van der Waals surface area contributed by atoms with Gasteiger partial charge in [0.2, 0.25) is 11.8 Å². The lowest BCUT2D eigenvalue weighted by molar-refractivity contribution is -0.134. The van der Waals surface area contributed by atoms with Crippen LogP contribution in [0, 0.1) is 19.8 Å². The van der Waals surface area contributed by atoms with Crippen molar-refractivity contribution in [3.05, 3.63) is 29.3 Å². The SMILES string of the molecule is Cc1cccc(NC(=O)CN(C)C(=O)C2CC3CCCCC3N2)c1C.Cl. The second-order valence-corrected chi connectivity index (χ2v) is 7.60. The number of aryl methyl sites for hydroxylation is 1. The highest BCUT2D eigenvalue weighted by Crippen LogP contribution is 2.33. The van der Waals surface area contributed by atoms with Crippen LogP contribution < -0.4 is 10.6 Å². The van der Waals surface area contributed by atoms with E-state index in [0.29, 0.717) is 12.0 Å². The fraction of sp³-hybridized carbons (Fsp3) is 0.600. The molecule has 2 fully saturated rings. The first kappa shape index (κ1) is 20.7. The Kier molecular flexibility index (Phi) is 7.07. The summed E-state index contributed by atoms with van der Waals surface area (Å²) in [4.78, 5) is 26.6. The summed E-state index contributed by atoms with van der Waals surface area (Å²) in [5.74, 6) is 0.505. The molecule has 26 heavy (non-hydrogen) atoms. The van der Waals surface area contributed by atoms with Crippen molar-refractivity contribution in [1.29, 1.82) is 0 Å². The van der Waals surface area contributed by atoms with Crippen molar-refractivity contribution in [2.45, 2.75) is 58.0 Å². The number of halogens is 1. The Morgan fingerprint density at radius 1 is 1.23 bits per heavy atom. The van der Waals surface area contributed by atoms with Gasteiger partial charge in [-0.1, -0.05) is 25.0 Å². The molecule has 1 aliphatic heterocycles. The van der Waals surface area contributed by atoms with Crippen molar-refractivity contribution in [1.82, 2.24) is 10.2 Å². The van der Waals surface area contributed by atoms with Crippen LogP contribution in [0.4, 0.5) is 5.69 Å². The van der Waals surface area contributed by atoms with Gasteiger partial charge in [-0.15, -0.1) is 12.4 Å². The molecule has 1 aromatic rings. The van der Waals surface area contributed by atoms with E-state index in [2.05, 4.69) is 10.6 Å². The second kappa shape index (κ2) is 8.87. The minimum Gasteiger partial charge on any atom is -0.335 e. The molecule has 0 aromatic heterocycles. The molecule has 1 aromatic carbocycles. The van der Waals surface area contributed by atoms with E-state index in [0.717, 1.165) is 23.2 Å². The van der Waals surface area contributed by atoms with E-state index in [1.807, 2.05) is 32.0 Å². The molecule has 3 atom stereocenters. The molecular weight excluding hydrogens is 350 g/mol. The van der Waals surface area contributed by atoms with Gasteiger partial charge in [0.1, 0.15) is 0 Å². The van der Waals surface area contributed by atoms with Crippen LogP contribution in [0.25, 0.3) is 0 Å². The van der Waals surface area contributed by atoms with Gasteiger partial charge in [-0.2, -0.15) is 0 Å². The molecular formula is C20H30ClN3O2. The minimum absolute atomic E-state index is 0. The number of amides is 2. The molecule has 2 N–H and O–H groups in total. The number of anilines is 1. The standard InChI is InChI=1S/C20H29N3O2.ClH/c1-13-7-6-10-16(14(13)2)22-19(24)12-23(3)20(25)18-11-15-8-4-5-9-17(15)21-18;/h6-7,10,15,17-18,21H,4-5,8-9,11-12H2,1-3H3,(H,22,24);1H. The Labute approximate surface area is 162 Å². The van der Waals surface area contributed by atoms with Crippen molar-refractivity contribution >= 4 is 29.9 Å². The van der Waals surface area contributed by atoms with Crippen molar-refractivity contribution in [2.24, 2.45) is 5.92 Å². The summed E-state index contributed by atoms with van der Waals surface area (Å²) >= 11 is 0. The van der Waals surface area contributed by atoms with Gasteiger partial charge in [-0.25, -0.2) is 0 Å². The van der Waals surface area contributed by atoms with Gasteiger partial charge in [0.05, 0.1) is 12.6 Å². The Bertz CT molecular complexity index is 650. The summed E-state index contributed by atoms with van der Waals surface area (Å²) in [5.41, 5.74) is 3.02. The molecule has 1 saturated heterocycles. The highest BCUT2D eigenvalue weighted by molar-refractivity contribution is 5.95. The van der Waals surface area contributed by atoms with Crippen molar-refractivity contribution < 1.29 is 9.59 Å². The molecule has 6 heteroatoms. The zero-order chi connectivity index (χ0) is 18.0. The summed E-state index contributed by atoms with van der Waals surface area (Å²) in [6, 6.07) is 6.19. The van der Waals surface area contributed by atoms with E-state index in [4.69, 9.17) is 0 Å². The average Bonchev–Trinajstić information content (AvgIpc) is 3.02. The Morgan fingerprint density at radius 2 is 1.96 bits per heavy atom. The van der Waals surface area contributed by atoms with Crippen LogP contribution in [0.1, 0.15) is 43.2 Å². The molecule has 2 aliphatic rings. The number of hydrogen-bond donors (Lipinski definition) is 2. The molecule has 5 nitrogen and oxygen atoms in total. The average molecular weight is 380 g/mol. The third-order valence-corrected chi connectivity index (χ3v) is 5.80. The third kappa shape index (κ3) is 4.57. The molecule has 2 amide bonds. The van der Waals surface area contributed by atoms with E-state index in [-0.39, 0.29) is 36.8 Å². The summed E-state index contributed by atoms with van der Waals surface area (Å²) in [7, 11) is 1.72. The molecule has 0 bridgehead atoms. The third-order valence-electron chi connectivity index (χ3n) is 5.80.